The molecule has 0 aliphatic rings. The topological polar surface area (TPSA) is 88.5 Å². The Morgan fingerprint density at radius 1 is 1.39 bits per heavy atom. The van der Waals surface area contributed by atoms with Crippen LogP contribution in [0.4, 0.5) is 5.82 Å². The molecule has 0 aromatic carbocycles. The van der Waals surface area contributed by atoms with E-state index in [9.17, 15) is 4.79 Å². The number of carbonyl (C=O) groups is 1. The summed E-state index contributed by atoms with van der Waals surface area (Å²) in [6.45, 7) is 6.23. The molecule has 0 bridgehead atoms. The van der Waals surface area contributed by atoms with Crippen LogP contribution in [0.5, 0.6) is 0 Å². The summed E-state index contributed by atoms with van der Waals surface area (Å²) in [5.41, 5.74) is 2.17. The molecule has 8 heteroatoms. The predicted molar refractivity (Wildman–Crippen MR) is 89.6 cm³/mol. The summed E-state index contributed by atoms with van der Waals surface area (Å²) in [4.78, 5) is 16.6. The number of nitrogens with one attached hydrogen (secondary N) is 2. The van der Waals surface area contributed by atoms with Crippen LogP contribution in [-0.4, -0.2) is 30.9 Å². The molecular formula is C15H18N6OS. The minimum atomic E-state index is -0.275. The van der Waals surface area contributed by atoms with Crippen molar-refractivity contribution in [1.29, 1.82) is 0 Å². The average molecular weight is 330 g/mol. The number of rotatable bonds is 3. The number of H-pyrrole nitrogens is 1. The van der Waals surface area contributed by atoms with Gasteiger partial charge in [0, 0.05) is 41.4 Å². The van der Waals surface area contributed by atoms with Gasteiger partial charge < -0.3 is 5.32 Å². The molecule has 0 radical (unpaired) electrons. The molecule has 2 N–H and O–H groups in total. The number of amides is 1. The van der Waals surface area contributed by atoms with Gasteiger partial charge in [0.05, 0.1) is 6.20 Å². The number of hydrogen-bond acceptors (Lipinski definition) is 5. The van der Waals surface area contributed by atoms with Crippen molar-refractivity contribution in [2.45, 2.75) is 26.2 Å². The minimum Gasteiger partial charge on any atom is -0.304 e. The van der Waals surface area contributed by atoms with E-state index < -0.39 is 0 Å². The van der Waals surface area contributed by atoms with Crippen LogP contribution >= 0.6 is 11.3 Å². The third kappa shape index (κ3) is 3.31. The quantitative estimate of drug-likeness (QED) is 0.773. The van der Waals surface area contributed by atoms with Crippen molar-refractivity contribution in [1.82, 2.24) is 25.0 Å². The number of thiazole rings is 1. The molecule has 3 rings (SSSR count). The van der Waals surface area contributed by atoms with Crippen molar-refractivity contribution in [2.75, 3.05) is 5.32 Å². The number of hydrogen-bond donors (Lipinski definition) is 2. The third-order valence-corrected chi connectivity index (χ3v) is 4.21. The summed E-state index contributed by atoms with van der Waals surface area (Å²) in [6.07, 6.45) is 3.59. The molecule has 0 unspecified atom stereocenters. The highest BCUT2D eigenvalue weighted by atomic mass is 32.1. The molecule has 0 spiro atoms. The highest BCUT2D eigenvalue weighted by Gasteiger charge is 2.18. The van der Waals surface area contributed by atoms with Gasteiger partial charge in [-0.1, -0.05) is 20.8 Å². The Labute approximate surface area is 137 Å². The molecule has 3 heterocycles. The van der Waals surface area contributed by atoms with Crippen molar-refractivity contribution < 1.29 is 4.79 Å². The fourth-order valence-corrected chi connectivity index (χ4v) is 2.77. The fraction of sp³-hybridized carbons (Fsp3) is 0.333. The molecule has 0 aliphatic carbocycles. The Morgan fingerprint density at radius 3 is 2.78 bits per heavy atom. The van der Waals surface area contributed by atoms with E-state index in [-0.39, 0.29) is 11.3 Å². The van der Waals surface area contributed by atoms with Crippen LogP contribution in [0.2, 0.25) is 0 Å². The molecule has 0 saturated heterocycles. The fourth-order valence-electron chi connectivity index (χ4n) is 1.99. The SMILES string of the molecule is Cn1cc(-c2nc(C(=O)Nc3cc(C(C)(C)C)[nH]n3)cs2)cn1. The van der Waals surface area contributed by atoms with E-state index >= 15 is 0 Å². The van der Waals surface area contributed by atoms with Gasteiger partial charge in [0.1, 0.15) is 10.7 Å². The van der Waals surface area contributed by atoms with Gasteiger partial charge in [0.25, 0.3) is 5.91 Å². The zero-order chi connectivity index (χ0) is 16.6. The largest absolute Gasteiger partial charge is 0.304 e. The molecule has 23 heavy (non-hydrogen) atoms. The van der Waals surface area contributed by atoms with Gasteiger partial charge in [-0.15, -0.1) is 11.3 Å². The monoisotopic (exact) mass is 330 g/mol. The van der Waals surface area contributed by atoms with E-state index in [1.54, 1.807) is 16.3 Å². The molecular weight excluding hydrogens is 312 g/mol. The average Bonchev–Trinajstić information content (AvgIpc) is 3.15. The van der Waals surface area contributed by atoms with Crippen LogP contribution in [0.1, 0.15) is 37.0 Å². The molecule has 1 amide bonds. The normalized spacial score (nSPS) is 11.7. The van der Waals surface area contributed by atoms with Gasteiger partial charge in [-0.3, -0.25) is 14.6 Å². The van der Waals surface area contributed by atoms with Crippen molar-refractivity contribution in [3.8, 4) is 10.6 Å². The lowest BCUT2D eigenvalue weighted by Gasteiger charge is -2.14. The maximum Gasteiger partial charge on any atom is 0.276 e. The molecule has 0 fully saturated rings. The number of anilines is 1. The van der Waals surface area contributed by atoms with E-state index in [0.717, 1.165) is 16.3 Å². The summed E-state index contributed by atoms with van der Waals surface area (Å²) in [5, 5.41) is 16.4. The van der Waals surface area contributed by atoms with Gasteiger partial charge in [-0.25, -0.2) is 4.98 Å². The standard InChI is InChI=1S/C15H18N6OS/c1-15(2,3)11-5-12(20-19-11)18-13(22)10-8-23-14(17-10)9-6-16-21(4)7-9/h5-8H,1-4H3,(H2,18,19,20,22). The smallest absolute Gasteiger partial charge is 0.276 e. The summed E-state index contributed by atoms with van der Waals surface area (Å²) < 4.78 is 1.70. The summed E-state index contributed by atoms with van der Waals surface area (Å²) in [6, 6.07) is 1.84. The van der Waals surface area contributed by atoms with E-state index in [1.807, 2.05) is 19.3 Å². The van der Waals surface area contributed by atoms with Crippen molar-refractivity contribution in [2.24, 2.45) is 7.05 Å². The first-order chi connectivity index (χ1) is 10.8. The van der Waals surface area contributed by atoms with Crippen LogP contribution in [0.15, 0.2) is 23.8 Å². The lowest BCUT2D eigenvalue weighted by atomic mass is 9.92. The van der Waals surface area contributed by atoms with Gasteiger partial charge in [-0.05, 0) is 0 Å². The van der Waals surface area contributed by atoms with E-state index in [2.05, 4.69) is 46.4 Å². The van der Waals surface area contributed by atoms with Crippen LogP contribution in [0, 0.1) is 0 Å². The highest BCUT2D eigenvalue weighted by Crippen LogP contribution is 2.24. The van der Waals surface area contributed by atoms with Crippen molar-refractivity contribution >= 4 is 23.1 Å². The molecule has 0 aliphatic heterocycles. The van der Waals surface area contributed by atoms with E-state index in [1.165, 1.54) is 11.3 Å². The third-order valence-electron chi connectivity index (χ3n) is 3.32. The molecule has 0 atom stereocenters. The van der Waals surface area contributed by atoms with E-state index in [0.29, 0.717) is 11.5 Å². The second-order valence-electron chi connectivity index (χ2n) is 6.31. The predicted octanol–water partition coefficient (Wildman–Crippen LogP) is 2.82. The van der Waals surface area contributed by atoms with Gasteiger partial charge in [0.15, 0.2) is 5.82 Å². The maximum absolute atomic E-state index is 12.3. The van der Waals surface area contributed by atoms with Crippen LogP contribution in [0.3, 0.4) is 0 Å². The summed E-state index contributed by atoms with van der Waals surface area (Å²) in [5.74, 6) is 0.221. The number of aromatic amines is 1. The number of carbonyl (C=O) groups excluding carboxylic acids is 1. The van der Waals surface area contributed by atoms with Gasteiger partial charge >= 0.3 is 0 Å². The highest BCUT2D eigenvalue weighted by molar-refractivity contribution is 7.13. The maximum atomic E-state index is 12.3. The van der Waals surface area contributed by atoms with Crippen molar-refractivity contribution in [3.63, 3.8) is 0 Å². The Balaban J connectivity index is 1.74. The number of nitrogens with zero attached hydrogens (tertiary/aromatic N) is 4. The Hall–Kier alpha value is -2.48. The number of aryl methyl sites for hydroxylation is 1. The zero-order valence-corrected chi connectivity index (χ0v) is 14.2. The van der Waals surface area contributed by atoms with Gasteiger partial charge in [0.2, 0.25) is 0 Å². The van der Waals surface area contributed by atoms with Crippen LogP contribution in [0.25, 0.3) is 10.6 Å². The Bertz CT molecular complexity index is 838. The molecule has 0 saturated carbocycles. The first kappa shape index (κ1) is 15.4. The Kier molecular flexibility index (Phi) is 3.77. The molecule has 120 valence electrons. The van der Waals surface area contributed by atoms with Crippen molar-refractivity contribution in [3.05, 3.63) is 35.2 Å². The summed E-state index contributed by atoms with van der Waals surface area (Å²) >= 11 is 1.41. The lowest BCUT2D eigenvalue weighted by Crippen LogP contribution is -2.13. The first-order valence-electron chi connectivity index (χ1n) is 7.15. The van der Waals surface area contributed by atoms with Crippen LogP contribution < -0.4 is 5.32 Å². The summed E-state index contributed by atoms with van der Waals surface area (Å²) in [7, 11) is 1.84. The molecule has 7 nitrogen and oxygen atoms in total. The molecule has 3 aromatic rings. The minimum absolute atomic E-state index is 0.0515. The van der Waals surface area contributed by atoms with Gasteiger partial charge in [-0.2, -0.15) is 10.2 Å². The zero-order valence-electron chi connectivity index (χ0n) is 13.4. The second-order valence-corrected chi connectivity index (χ2v) is 7.17. The number of aromatic nitrogens is 5. The Morgan fingerprint density at radius 2 is 2.17 bits per heavy atom. The van der Waals surface area contributed by atoms with E-state index in [4.69, 9.17) is 0 Å². The van der Waals surface area contributed by atoms with Crippen LogP contribution in [-0.2, 0) is 12.5 Å². The second kappa shape index (κ2) is 5.62. The molecule has 3 aromatic heterocycles. The first-order valence-corrected chi connectivity index (χ1v) is 8.03. The lowest BCUT2D eigenvalue weighted by molar-refractivity contribution is 0.102.